The normalized spacial score (nSPS) is 14.2. The Bertz CT molecular complexity index is 744. The van der Waals surface area contributed by atoms with Gasteiger partial charge < -0.3 is 15.5 Å². The van der Waals surface area contributed by atoms with E-state index in [9.17, 15) is 9.59 Å². The van der Waals surface area contributed by atoms with Crippen LogP contribution in [0.15, 0.2) is 30.3 Å². The molecule has 8 heteroatoms. The van der Waals surface area contributed by atoms with E-state index in [-0.39, 0.29) is 11.8 Å². The summed E-state index contributed by atoms with van der Waals surface area (Å²) in [6.45, 7) is 4.13. The van der Waals surface area contributed by atoms with Crippen molar-refractivity contribution >= 4 is 28.8 Å². The fourth-order valence-corrected chi connectivity index (χ4v) is 3.73. The fourth-order valence-electron chi connectivity index (χ4n) is 3.00. The second-order valence-electron chi connectivity index (χ2n) is 6.57. The highest BCUT2D eigenvalue weighted by Gasteiger charge is 2.14. The highest BCUT2D eigenvalue weighted by molar-refractivity contribution is 7.13. The van der Waals surface area contributed by atoms with E-state index in [0.717, 1.165) is 13.0 Å². The van der Waals surface area contributed by atoms with Crippen LogP contribution in [0.4, 0.5) is 5.69 Å². The third-order valence-electron chi connectivity index (χ3n) is 4.43. The Morgan fingerprint density at radius 2 is 1.89 bits per heavy atom. The van der Waals surface area contributed by atoms with E-state index in [0.29, 0.717) is 35.1 Å². The molecule has 3 rings (SSSR count). The third kappa shape index (κ3) is 6.41. The molecule has 7 nitrogen and oxygen atoms in total. The second kappa shape index (κ2) is 10.1. The van der Waals surface area contributed by atoms with E-state index in [4.69, 9.17) is 0 Å². The minimum atomic E-state index is -0.281. The molecule has 0 radical (unpaired) electrons. The van der Waals surface area contributed by atoms with Crippen molar-refractivity contribution in [2.24, 2.45) is 0 Å². The molecule has 1 saturated heterocycles. The number of nitrogens with zero attached hydrogens (tertiary/aromatic N) is 3. The maximum Gasteiger partial charge on any atom is 0.286 e. The predicted octanol–water partition coefficient (Wildman–Crippen LogP) is 2.33. The Kier molecular flexibility index (Phi) is 7.29. The summed E-state index contributed by atoms with van der Waals surface area (Å²) in [7, 11) is 0. The number of aryl methyl sites for hydroxylation is 1. The summed E-state index contributed by atoms with van der Waals surface area (Å²) in [6.07, 6.45) is 4.42. The van der Waals surface area contributed by atoms with Crippen molar-refractivity contribution in [1.82, 2.24) is 20.4 Å². The smallest absolute Gasteiger partial charge is 0.286 e. The van der Waals surface area contributed by atoms with E-state index >= 15 is 0 Å². The third-order valence-corrected chi connectivity index (χ3v) is 5.41. The summed E-state index contributed by atoms with van der Waals surface area (Å²) in [6, 6.07) is 9.22. The molecule has 0 unspecified atom stereocenters. The van der Waals surface area contributed by atoms with E-state index in [1.807, 2.05) is 30.3 Å². The molecule has 1 aromatic carbocycles. The van der Waals surface area contributed by atoms with Crippen LogP contribution in [-0.4, -0.2) is 53.1 Å². The van der Waals surface area contributed by atoms with Gasteiger partial charge in [-0.05, 0) is 51.0 Å². The number of para-hydroxylation sites is 1. The zero-order valence-corrected chi connectivity index (χ0v) is 16.1. The molecular formula is C19H25N5O2S. The highest BCUT2D eigenvalue weighted by Crippen LogP contribution is 2.14. The lowest BCUT2D eigenvalue weighted by atomic mass is 10.3. The van der Waals surface area contributed by atoms with Crippen molar-refractivity contribution in [2.45, 2.75) is 32.1 Å². The van der Waals surface area contributed by atoms with Gasteiger partial charge in [-0.3, -0.25) is 9.59 Å². The lowest BCUT2D eigenvalue weighted by molar-refractivity contribution is -0.121. The van der Waals surface area contributed by atoms with Crippen LogP contribution in [0.2, 0.25) is 0 Å². The number of likely N-dealkylation sites (tertiary alicyclic amines) is 1. The quantitative estimate of drug-likeness (QED) is 0.645. The maximum atomic E-state index is 12.2. The lowest BCUT2D eigenvalue weighted by Crippen LogP contribution is -2.28. The summed E-state index contributed by atoms with van der Waals surface area (Å²) in [5.41, 5.74) is 0.715. The summed E-state index contributed by atoms with van der Waals surface area (Å²) in [4.78, 5) is 26.5. The van der Waals surface area contributed by atoms with E-state index < -0.39 is 0 Å². The number of nitrogens with one attached hydrogen (secondary N) is 2. The van der Waals surface area contributed by atoms with Crippen LogP contribution in [-0.2, 0) is 11.2 Å². The maximum absolute atomic E-state index is 12.2. The summed E-state index contributed by atoms with van der Waals surface area (Å²) in [5, 5.41) is 14.7. The number of amides is 2. The Labute approximate surface area is 163 Å². The van der Waals surface area contributed by atoms with Crippen molar-refractivity contribution in [1.29, 1.82) is 0 Å². The first-order valence-electron chi connectivity index (χ1n) is 9.38. The van der Waals surface area contributed by atoms with Gasteiger partial charge in [-0.1, -0.05) is 29.5 Å². The first kappa shape index (κ1) is 19.4. The van der Waals surface area contributed by atoms with Crippen molar-refractivity contribution in [3.63, 3.8) is 0 Å². The highest BCUT2D eigenvalue weighted by atomic mass is 32.1. The Morgan fingerprint density at radius 3 is 2.67 bits per heavy atom. The number of rotatable bonds is 9. The average molecular weight is 388 g/mol. The molecule has 2 aromatic rings. The topological polar surface area (TPSA) is 87.2 Å². The van der Waals surface area contributed by atoms with E-state index in [2.05, 4.69) is 25.7 Å². The molecule has 0 atom stereocenters. The molecule has 2 N–H and O–H groups in total. The zero-order chi connectivity index (χ0) is 18.9. The van der Waals surface area contributed by atoms with E-state index in [1.165, 1.54) is 37.3 Å². The van der Waals surface area contributed by atoms with Gasteiger partial charge in [-0.25, -0.2) is 0 Å². The molecule has 2 amide bonds. The molecule has 0 spiro atoms. The van der Waals surface area contributed by atoms with Crippen LogP contribution in [0.3, 0.4) is 0 Å². The number of aromatic nitrogens is 2. The molecule has 0 bridgehead atoms. The Morgan fingerprint density at radius 1 is 1.11 bits per heavy atom. The van der Waals surface area contributed by atoms with Gasteiger partial charge in [-0.2, -0.15) is 0 Å². The largest absolute Gasteiger partial charge is 0.356 e. The van der Waals surface area contributed by atoms with Crippen LogP contribution >= 0.6 is 11.3 Å². The molecule has 27 heavy (non-hydrogen) atoms. The van der Waals surface area contributed by atoms with Gasteiger partial charge >= 0.3 is 0 Å². The molecular weight excluding hydrogens is 362 g/mol. The standard InChI is InChI=1S/C19H25N5O2S/c25-16(20-11-6-14-24-12-4-5-13-24)9-10-17-22-23-19(27-17)18(26)21-15-7-2-1-3-8-15/h1-3,7-8H,4-6,9-14H2,(H,20,25)(H,21,26). The summed E-state index contributed by atoms with van der Waals surface area (Å²) < 4.78 is 0. The first-order valence-corrected chi connectivity index (χ1v) is 10.2. The van der Waals surface area contributed by atoms with Crippen molar-refractivity contribution in [3.05, 3.63) is 40.3 Å². The average Bonchev–Trinajstić information content (AvgIpc) is 3.36. The molecule has 1 aliphatic rings. The van der Waals surface area contributed by atoms with Crippen LogP contribution in [0.1, 0.15) is 40.5 Å². The van der Waals surface area contributed by atoms with Crippen LogP contribution in [0, 0.1) is 0 Å². The van der Waals surface area contributed by atoms with Gasteiger partial charge in [0, 0.05) is 25.1 Å². The number of benzene rings is 1. The monoisotopic (exact) mass is 387 g/mol. The summed E-state index contributed by atoms with van der Waals surface area (Å²) in [5.74, 6) is -0.266. The van der Waals surface area contributed by atoms with Crippen LogP contribution in [0.25, 0.3) is 0 Å². The minimum absolute atomic E-state index is 0.0157. The molecule has 0 saturated carbocycles. The first-order chi connectivity index (χ1) is 13.2. The van der Waals surface area contributed by atoms with Crippen LogP contribution in [0.5, 0.6) is 0 Å². The number of anilines is 1. The van der Waals surface area contributed by atoms with Gasteiger partial charge in [-0.15, -0.1) is 10.2 Å². The van der Waals surface area contributed by atoms with Gasteiger partial charge in [0.15, 0.2) is 0 Å². The van der Waals surface area contributed by atoms with Crippen molar-refractivity contribution in [3.8, 4) is 0 Å². The number of hydrogen-bond donors (Lipinski definition) is 2. The number of hydrogen-bond acceptors (Lipinski definition) is 6. The van der Waals surface area contributed by atoms with Gasteiger partial charge in [0.05, 0.1) is 0 Å². The predicted molar refractivity (Wildman–Crippen MR) is 106 cm³/mol. The minimum Gasteiger partial charge on any atom is -0.356 e. The molecule has 1 fully saturated rings. The molecule has 2 heterocycles. The fraction of sp³-hybridized carbons (Fsp3) is 0.474. The number of carbonyl (C=O) groups excluding carboxylic acids is 2. The Balaban J connectivity index is 1.34. The molecule has 0 aliphatic carbocycles. The van der Waals surface area contributed by atoms with Gasteiger partial charge in [0.1, 0.15) is 5.01 Å². The van der Waals surface area contributed by atoms with E-state index in [1.54, 1.807) is 0 Å². The summed E-state index contributed by atoms with van der Waals surface area (Å²) >= 11 is 1.23. The van der Waals surface area contributed by atoms with Crippen LogP contribution < -0.4 is 10.6 Å². The molecule has 144 valence electrons. The Hall–Kier alpha value is -2.32. The second-order valence-corrected chi connectivity index (χ2v) is 7.64. The molecule has 1 aromatic heterocycles. The van der Waals surface area contributed by atoms with Crippen molar-refractivity contribution in [2.75, 3.05) is 31.5 Å². The molecule has 1 aliphatic heterocycles. The van der Waals surface area contributed by atoms with Gasteiger partial charge in [0.2, 0.25) is 10.9 Å². The van der Waals surface area contributed by atoms with Gasteiger partial charge in [0.25, 0.3) is 5.91 Å². The SMILES string of the molecule is O=C(CCc1nnc(C(=O)Nc2ccccc2)s1)NCCCN1CCCC1. The lowest BCUT2D eigenvalue weighted by Gasteiger charge is -2.14. The number of carbonyl (C=O) groups is 2. The van der Waals surface area contributed by atoms with Crippen molar-refractivity contribution < 1.29 is 9.59 Å². The zero-order valence-electron chi connectivity index (χ0n) is 15.3.